The second-order valence-electron chi connectivity index (χ2n) is 4.18. The third kappa shape index (κ3) is 4.51. The van der Waals surface area contributed by atoms with E-state index in [2.05, 4.69) is 25.8 Å². The summed E-state index contributed by atoms with van der Waals surface area (Å²) in [5, 5.41) is 23.5. The van der Waals surface area contributed by atoms with Crippen molar-refractivity contribution in [2.24, 2.45) is 4.99 Å². The fourth-order valence-electron chi connectivity index (χ4n) is 1.66. The van der Waals surface area contributed by atoms with E-state index in [1.807, 2.05) is 13.1 Å². The van der Waals surface area contributed by atoms with Gasteiger partial charge >= 0.3 is 0 Å². The number of anilines is 1. The van der Waals surface area contributed by atoms with Crippen molar-refractivity contribution < 1.29 is 4.79 Å². The quantitative estimate of drug-likeness (QED) is 0.382. The molecule has 2 N–H and O–H groups in total. The third-order valence-corrected chi connectivity index (χ3v) is 4.28. The van der Waals surface area contributed by atoms with Gasteiger partial charge < -0.3 is 0 Å². The number of aromatic nitrogens is 2. The molecule has 0 aliphatic rings. The molecule has 0 saturated heterocycles. The van der Waals surface area contributed by atoms with Crippen LogP contribution < -0.4 is 10.6 Å². The molecular weight excluding hydrogens is 332 g/mol. The van der Waals surface area contributed by atoms with Crippen molar-refractivity contribution in [3.63, 3.8) is 0 Å². The summed E-state index contributed by atoms with van der Waals surface area (Å²) < 4.78 is 0. The predicted octanol–water partition coefficient (Wildman–Crippen LogP) is 2.77. The number of para-hydroxylation sites is 1. The van der Waals surface area contributed by atoms with Crippen molar-refractivity contribution in [1.82, 2.24) is 15.5 Å². The molecule has 1 amide bonds. The highest BCUT2D eigenvalue weighted by atomic mass is 32.2. The zero-order chi connectivity index (χ0) is 16.7. The molecule has 0 radical (unpaired) electrons. The largest absolute Gasteiger partial charge is 0.296 e. The number of hydrogen-bond acceptors (Lipinski definition) is 7. The van der Waals surface area contributed by atoms with Crippen LogP contribution in [0.4, 0.5) is 10.8 Å². The molecule has 0 saturated carbocycles. The molecule has 2 aromatic rings. The zero-order valence-corrected chi connectivity index (χ0v) is 14.2. The first kappa shape index (κ1) is 16.9. The van der Waals surface area contributed by atoms with Crippen molar-refractivity contribution >= 4 is 45.0 Å². The second-order valence-corrected chi connectivity index (χ2v) is 6.04. The van der Waals surface area contributed by atoms with E-state index in [1.165, 1.54) is 23.1 Å². The maximum Gasteiger partial charge on any atom is 0.259 e. The van der Waals surface area contributed by atoms with E-state index in [-0.39, 0.29) is 5.91 Å². The van der Waals surface area contributed by atoms with Crippen LogP contribution in [0, 0.1) is 11.5 Å². The number of nitrogens with one attached hydrogen (secondary N) is 2. The standard InChI is InChI=1S/C14H14N6OS2/c1-3-11-19-20-14(23-11)18-12(21)9-6-4-5-7-10(9)17-13(22-2)16-8-15/h4-7H,3H2,1-2H3,(H,16,17)(H,18,20,21). The predicted molar refractivity (Wildman–Crippen MR) is 93.0 cm³/mol. The molecular formula is C14H14N6OS2. The summed E-state index contributed by atoms with van der Waals surface area (Å²) in [5.74, 6) is -0.319. The van der Waals surface area contributed by atoms with Crippen LogP contribution in [-0.4, -0.2) is 27.5 Å². The monoisotopic (exact) mass is 346 g/mol. The summed E-state index contributed by atoms with van der Waals surface area (Å²) in [4.78, 5) is 16.7. The normalized spacial score (nSPS) is 10.9. The summed E-state index contributed by atoms with van der Waals surface area (Å²) in [6.07, 6.45) is 4.38. The summed E-state index contributed by atoms with van der Waals surface area (Å²) in [6.45, 7) is 1.97. The number of hydrogen-bond donors (Lipinski definition) is 2. The molecule has 118 valence electrons. The van der Waals surface area contributed by atoms with Crippen LogP contribution in [0.15, 0.2) is 29.3 Å². The Balaban J connectivity index is 2.25. The van der Waals surface area contributed by atoms with Gasteiger partial charge in [0.15, 0.2) is 11.4 Å². The molecule has 0 fully saturated rings. The zero-order valence-electron chi connectivity index (χ0n) is 12.5. The van der Waals surface area contributed by atoms with Crippen molar-refractivity contribution in [2.45, 2.75) is 13.3 Å². The van der Waals surface area contributed by atoms with Crippen LogP contribution in [0.25, 0.3) is 0 Å². The molecule has 0 atom stereocenters. The number of rotatable bonds is 4. The highest BCUT2D eigenvalue weighted by Crippen LogP contribution is 2.22. The maximum absolute atomic E-state index is 12.4. The summed E-state index contributed by atoms with van der Waals surface area (Å²) in [7, 11) is 0. The van der Waals surface area contributed by atoms with Gasteiger partial charge in [-0.25, -0.2) is 4.99 Å². The Labute approximate surface area is 141 Å². The highest BCUT2D eigenvalue weighted by molar-refractivity contribution is 8.13. The number of thioether (sulfide) groups is 1. The lowest BCUT2D eigenvalue weighted by molar-refractivity contribution is 0.102. The van der Waals surface area contributed by atoms with Crippen molar-refractivity contribution in [3.05, 3.63) is 34.8 Å². The van der Waals surface area contributed by atoms with Crippen LogP contribution in [0.2, 0.25) is 0 Å². The Kier molecular flexibility index (Phi) is 6.08. The number of nitriles is 1. The third-order valence-electron chi connectivity index (χ3n) is 2.72. The van der Waals surface area contributed by atoms with E-state index < -0.39 is 0 Å². The molecule has 0 unspecified atom stereocenters. The Hall–Kier alpha value is -2.44. The average Bonchev–Trinajstić information content (AvgIpc) is 3.02. The first-order valence-electron chi connectivity index (χ1n) is 6.68. The molecule has 0 aliphatic heterocycles. The molecule has 1 aromatic carbocycles. The van der Waals surface area contributed by atoms with E-state index in [1.54, 1.807) is 30.5 Å². The van der Waals surface area contributed by atoms with Gasteiger partial charge in [0.05, 0.1) is 11.3 Å². The number of amidine groups is 1. The number of carbonyl (C=O) groups is 1. The Morgan fingerprint density at radius 3 is 2.87 bits per heavy atom. The van der Waals surface area contributed by atoms with Gasteiger partial charge in [-0.3, -0.25) is 15.4 Å². The van der Waals surface area contributed by atoms with E-state index in [0.717, 1.165) is 11.4 Å². The number of benzene rings is 1. The lowest BCUT2D eigenvalue weighted by Gasteiger charge is -2.06. The number of aliphatic imine (C=N–C) groups is 1. The van der Waals surface area contributed by atoms with Crippen LogP contribution in [-0.2, 0) is 6.42 Å². The minimum atomic E-state index is -0.319. The first-order chi connectivity index (χ1) is 11.2. The van der Waals surface area contributed by atoms with E-state index in [9.17, 15) is 4.79 Å². The molecule has 7 nitrogen and oxygen atoms in total. The average molecular weight is 346 g/mol. The second kappa shape index (κ2) is 8.26. The SMILES string of the molecule is CCc1nnc(NC(=O)c2ccccc2N=C(NC#N)SC)s1. The molecule has 0 bridgehead atoms. The summed E-state index contributed by atoms with van der Waals surface area (Å²) >= 11 is 2.62. The Morgan fingerprint density at radius 2 is 2.22 bits per heavy atom. The topological polar surface area (TPSA) is 103 Å². The summed E-state index contributed by atoms with van der Waals surface area (Å²) in [6, 6.07) is 6.91. The van der Waals surface area contributed by atoms with Gasteiger partial charge in [-0.2, -0.15) is 5.26 Å². The molecule has 2 rings (SSSR count). The highest BCUT2D eigenvalue weighted by Gasteiger charge is 2.14. The minimum Gasteiger partial charge on any atom is -0.296 e. The summed E-state index contributed by atoms with van der Waals surface area (Å²) in [5.41, 5.74) is 0.865. The fourth-order valence-corrected chi connectivity index (χ4v) is 2.67. The smallest absolute Gasteiger partial charge is 0.259 e. The van der Waals surface area contributed by atoms with E-state index in [0.29, 0.717) is 21.6 Å². The Bertz CT molecular complexity index is 765. The van der Waals surface area contributed by atoms with E-state index >= 15 is 0 Å². The van der Waals surface area contributed by atoms with Crippen LogP contribution in [0.3, 0.4) is 0 Å². The van der Waals surface area contributed by atoms with Crippen LogP contribution in [0.5, 0.6) is 0 Å². The van der Waals surface area contributed by atoms with Crippen LogP contribution >= 0.6 is 23.1 Å². The molecule has 1 heterocycles. The lowest BCUT2D eigenvalue weighted by Crippen LogP contribution is -2.14. The van der Waals surface area contributed by atoms with Crippen LogP contribution in [0.1, 0.15) is 22.3 Å². The molecule has 9 heteroatoms. The number of aryl methyl sites for hydroxylation is 1. The molecule has 1 aromatic heterocycles. The number of carbonyl (C=O) groups excluding carboxylic acids is 1. The van der Waals surface area contributed by atoms with Gasteiger partial charge in [0.25, 0.3) is 5.91 Å². The number of amides is 1. The molecule has 0 aliphatic carbocycles. The maximum atomic E-state index is 12.4. The number of nitrogens with zero attached hydrogens (tertiary/aromatic N) is 4. The minimum absolute atomic E-state index is 0.319. The van der Waals surface area contributed by atoms with Crippen molar-refractivity contribution in [1.29, 1.82) is 5.26 Å². The van der Waals surface area contributed by atoms with E-state index in [4.69, 9.17) is 5.26 Å². The van der Waals surface area contributed by atoms with Gasteiger partial charge in [0.2, 0.25) is 5.13 Å². The van der Waals surface area contributed by atoms with Gasteiger partial charge in [-0.1, -0.05) is 42.2 Å². The van der Waals surface area contributed by atoms with Crippen molar-refractivity contribution in [3.8, 4) is 6.19 Å². The van der Waals surface area contributed by atoms with Gasteiger partial charge in [-0.05, 0) is 24.8 Å². The van der Waals surface area contributed by atoms with Gasteiger partial charge in [0, 0.05) is 0 Å². The lowest BCUT2D eigenvalue weighted by atomic mass is 10.1. The van der Waals surface area contributed by atoms with Gasteiger partial charge in [0.1, 0.15) is 5.01 Å². The Morgan fingerprint density at radius 1 is 1.43 bits per heavy atom. The fraction of sp³-hybridized carbons (Fsp3) is 0.214. The molecule has 23 heavy (non-hydrogen) atoms. The van der Waals surface area contributed by atoms with Crippen molar-refractivity contribution in [2.75, 3.05) is 11.6 Å². The van der Waals surface area contributed by atoms with Gasteiger partial charge in [-0.15, -0.1) is 10.2 Å². The molecule has 0 spiro atoms. The first-order valence-corrected chi connectivity index (χ1v) is 8.72.